The molecule has 1 aromatic carbocycles. The van der Waals surface area contributed by atoms with Crippen molar-refractivity contribution in [3.8, 4) is 6.07 Å². The van der Waals surface area contributed by atoms with E-state index in [2.05, 4.69) is 29.8 Å². The van der Waals surface area contributed by atoms with Crippen LogP contribution in [0.2, 0.25) is 0 Å². The Kier molecular flexibility index (Phi) is 7.61. The number of benzene rings is 1. The maximum atomic E-state index is 15.1. The zero-order valence-electron chi connectivity index (χ0n) is 22.2. The Hall–Kier alpha value is -2.66. The van der Waals surface area contributed by atoms with Gasteiger partial charge in [0.15, 0.2) is 5.78 Å². The van der Waals surface area contributed by atoms with E-state index in [0.29, 0.717) is 5.56 Å². The molecule has 0 radical (unpaired) electrons. The number of ether oxygens (including phenoxy) is 1. The summed E-state index contributed by atoms with van der Waals surface area (Å²) in [6.07, 6.45) is 2.28. The van der Waals surface area contributed by atoms with Gasteiger partial charge in [0.2, 0.25) is 0 Å². The number of rotatable bonds is 6. The highest BCUT2D eigenvalue weighted by atomic mass is 19.1. The average molecular weight is 499 g/mol. The molecule has 2 bridgehead atoms. The van der Waals surface area contributed by atoms with E-state index in [9.17, 15) is 14.9 Å². The van der Waals surface area contributed by atoms with Gasteiger partial charge in [0.1, 0.15) is 11.4 Å². The summed E-state index contributed by atoms with van der Waals surface area (Å²) in [5.74, 6) is -1.01. The van der Waals surface area contributed by atoms with Gasteiger partial charge in [-0.05, 0) is 84.0 Å². The lowest BCUT2D eigenvalue weighted by Crippen LogP contribution is -2.51. The zero-order chi connectivity index (χ0) is 26.2. The fraction of sp³-hybridized carbons (Fsp3) is 0.679. The molecule has 1 aliphatic carbocycles. The van der Waals surface area contributed by atoms with Gasteiger partial charge in [-0.3, -0.25) is 9.69 Å². The van der Waals surface area contributed by atoms with Crippen molar-refractivity contribution in [2.75, 3.05) is 31.6 Å². The number of nitrogens with zero attached hydrogens (tertiary/aromatic N) is 4. The molecule has 2 saturated heterocycles. The maximum Gasteiger partial charge on any atom is 0.411 e. The fourth-order valence-corrected chi connectivity index (χ4v) is 6.18. The van der Waals surface area contributed by atoms with Crippen LogP contribution < -0.4 is 4.90 Å². The Bertz CT molecular complexity index is 1030. The number of carbonyl (C=O) groups excluding carboxylic acids is 2. The molecule has 0 unspecified atom stereocenters. The van der Waals surface area contributed by atoms with Crippen LogP contribution in [0.5, 0.6) is 0 Å². The van der Waals surface area contributed by atoms with Crippen molar-refractivity contribution in [1.82, 2.24) is 9.80 Å². The molecule has 1 aromatic rings. The third-order valence-electron chi connectivity index (χ3n) is 7.81. The number of piperazine rings is 1. The van der Waals surface area contributed by atoms with Crippen molar-refractivity contribution >= 4 is 17.6 Å². The summed E-state index contributed by atoms with van der Waals surface area (Å²) in [7, 11) is 2.09. The molecule has 3 aliphatic rings. The second kappa shape index (κ2) is 10.4. The molecule has 196 valence electrons. The van der Waals surface area contributed by atoms with Crippen LogP contribution in [0, 0.1) is 29.0 Å². The summed E-state index contributed by atoms with van der Waals surface area (Å²) in [6, 6.07) is 7.16. The molecule has 4 rings (SSSR count). The SMILES string of the molecule is C[C@H]1CN(C)CCN1c1ccc(C[C@@H](C#N)CC(=O)[C@@H]2[C@H]3CC[C@H](C3)N2C(=O)OC(C)(C)C)c(F)c1. The van der Waals surface area contributed by atoms with Crippen molar-refractivity contribution in [3.05, 3.63) is 29.6 Å². The van der Waals surface area contributed by atoms with Crippen LogP contribution >= 0.6 is 0 Å². The first-order valence-corrected chi connectivity index (χ1v) is 13.1. The number of carbonyl (C=O) groups is 2. The first-order chi connectivity index (χ1) is 17.0. The molecule has 0 spiro atoms. The minimum absolute atomic E-state index is 0.000367. The van der Waals surface area contributed by atoms with Crippen molar-refractivity contribution in [1.29, 1.82) is 5.26 Å². The Morgan fingerprint density at radius 2 is 2.00 bits per heavy atom. The third kappa shape index (κ3) is 5.67. The lowest BCUT2D eigenvalue weighted by atomic mass is 9.88. The van der Waals surface area contributed by atoms with E-state index in [1.807, 2.05) is 26.8 Å². The smallest absolute Gasteiger partial charge is 0.411 e. The second-order valence-corrected chi connectivity index (χ2v) is 11.8. The van der Waals surface area contributed by atoms with E-state index in [1.165, 1.54) is 0 Å². The third-order valence-corrected chi connectivity index (χ3v) is 7.81. The molecule has 1 amide bonds. The highest BCUT2D eigenvalue weighted by Gasteiger charge is 2.52. The molecule has 0 aromatic heterocycles. The average Bonchev–Trinajstić information content (AvgIpc) is 3.40. The predicted molar refractivity (Wildman–Crippen MR) is 136 cm³/mol. The summed E-state index contributed by atoms with van der Waals surface area (Å²) in [5, 5.41) is 9.80. The van der Waals surface area contributed by atoms with Crippen LogP contribution in [0.25, 0.3) is 0 Å². The van der Waals surface area contributed by atoms with E-state index in [4.69, 9.17) is 4.74 Å². The molecular formula is C28H39FN4O3. The van der Waals surface area contributed by atoms with Gasteiger partial charge >= 0.3 is 6.09 Å². The van der Waals surface area contributed by atoms with Crippen LogP contribution in [0.15, 0.2) is 18.2 Å². The Balaban J connectivity index is 1.42. The van der Waals surface area contributed by atoms with Gasteiger partial charge in [0, 0.05) is 43.8 Å². The van der Waals surface area contributed by atoms with Gasteiger partial charge in [-0.2, -0.15) is 5.26 Å². The predicted octanol–water partition coefficient (Wildman–Crippen LogP) is 4.40. The number of halogens is 1. The summed E-state index contributed by atoms with van der Waals surface area (Å²) < 4.78 is 20.7. The number of hydrogen-bond acceptors (Lipinski definition) is 6. The Labute approximate surface area is 214 Å². The Morgan fingerprint density at radius 1 is 1.25 bits per heavy atom. The highest BCUT2D eigenvalue weighted by Crippen LogP contribution is 2.44. The molecule has 0 N–H and O–H groups in total. The fourth-order valence-electron chi connectivity index (χ4n) is 6.18. The number of likely N-dealkylation sites (N-methyl/N-ethyl adjacent to an activating group) is 1. The molecule has 2 aliphatic heterocycles. The maximum absolute atomic E-state index is 15.1. The van der Waals surface area contributed by atoms with E-state index in [-0.39, 0.29) is 42.4 Å². The van der Waals surface area contributed by atoms with Crippen LogP contribution in [-0.2, 0) is 16.0 Å². The minimum atomic E-state index is -0.653. The Morgan fingerprint density at radius 3 is 2.64 bits per heavy atom. The number of likely N-dealkylation sites (tertiary alicyclic amines) is 1. The summed E-state index contributed by atoms with van der Waals surface area (Å²) >= 11 is 0. The number of Topliss-reactive ketones (excluding diaryl/α,β-unsaturated/α-hetero) is 1. The molecule has 5 atom stereocenters. The van der Waals surface area contributed by atoms with Crippen LogP contribution in [0.1, 0.15) is 58.9 Å². The number of fused-ring (bicyclic) bond motifs is 2. The lowest BCUT2D eigenvalue weighted by molar-refractivity contribution is -0.126. The summed E-state index contributed by atoms with van der Waals surface area (Å²) in [4.78, 5) is 32.4. The largest absolute Gasteiger partial charge is 0.444 e. The quantitative estimate of drug-likeness (QED) is 0.579. The van der Waals surface area contributed by atoms with Crippen molar-refractivity contribution < 1.29 is 18.7 Å². The van der Waals surface area contributed by atoms with Gasteiger partial charge in [0.05, 0.1) is 18.0 Å². The van der Waals surface area contributed by atoms with E-state index >= 15 is 4.39 Å². The molecule has 3 fully saturated rings. The van der Waals surface area contributed by atoms with Crippen LogP contribution in [0.4, 0.5) is 14.9 Å². The number of piperidine rings is 1. The van der Waals surface area contributed by atoms with Crippen molar-refractivity contribution in [3.63, 3.8) is 0 Å². The second-order valence-electron chi connectivity index (χ2n) is 11.8. The van der Waals surface area contributed by atoms with Crippen molar-refractivity contribution in [2.24, 2.45) is 11.8 Å². The first kappa shape index (κ1) is 26.4. The number of nitriles is 1. The van der Waals surface area contributed by atoms with Crippen molar-refractivity contribution in [2.45, 2.75) is 83.5 Å². The van der Waals surface area contributed by atoms with Gasteiger partial charge in [0.25, 0.3) is 0 Å². The minimum Gasteiger partial charge on any atom is -0.444 e. The number of hydrogen-bond donors (Lipinski definition) is 0. The number of amides is 1. The highest BCUT2D eigenvalue weighted by molar-refractivity contribution is 5.89. The standard InChI is InChI=1S/C28H39FN4O3/c1-18-17-31(5)10-11-32(18)22-8-6-20(24(29)15-22)12-19(16-30)13-25(34)26-21-7-9-23(14-21)33(26)27(35)36-28(2,3)4/h6,8,15,18-19,21,23,26H,7,9-14,17H2,1-5H3/t18-,19+,21-,23+,26-/m0/s1. The van der Waals surface area contributed by atoms with Gasteiger partial charge in [-0.15, -0.1) is 0 Å². The molecule has 8 heteroatoms. The van der Waals surface area contributed by atoms with Crippen LogP contribution in [0.3, 0.4) is 0 Å². The molecular weight excluding hydrogens is 459 g/mol. The number of anilines is 1. The first-order valence-electron chi connectivity index (χ1n) is 13.1. The topological polar surface area (TPSA) is 76.9 Å². The summed E-state index contributed by atoms with van der Waals surface area (Å²) in [6.45, 7) is 10.3. The summed E-state index contributed by atoms with van der Waals surface area (Å²) in [5.41, 5.74) is 0.640. The van der Waals surface area contributed by atoms with E-state index in [0.717, 1.165) is 44.6 Å². The lowest BCUT2D eigenvalue weighted by Gasteiger charge is -2.39. The van der Waals surface area contributed by atoms with E-state index in [1.54, 1.807) is 17.0 Å². The number of ketones is 1. The molecule has 2 heterocycles. The van der Waals surface area contributed by atoms with Gasteiger partial charge < -0.3 is 14.5 Å². The van der Waals surface area contributed by atoms with Gasteiger partial charge in [-0.1, -0.05) is 6.07 Å². The molecule has 36 heavy (non-hydrogen) atoms. The van der Waals surface area contributed by atoms with Gasteiger partial charge in [-0.25, -0.2) is 9.18 Å². The molecule has 7 nitrogen and oxygen atoms in total. The zero-order valence-corrected chi connectivity index (χ0v) is 22.2. The van der Waals surface area contributed by atoms with Crippen LogP contribution in [-0.4, -0.2) is 72.1 Å². The monoisotopic (exact) mass is 498 g/mol. The normalized spacial score (nSPS) is 27.1. The molecule has 1 saturated carbocycles. The van der Waals surface area contributed by atoms with E-state index < -0.39 is 23.7 Å².